The van der Waals surface area contributed by atoms with Crippen LogP contribution in [0.25, 0.3) is 0 Å². The summed E-state index contributed by atoms with van der Waals surface area (Å²) in [5.74, 6) is -0.694. The highest BCUT2D eigenvalue weighted by atomic mass is 35.5. The SMILES string of the molecule is O=C(O)Cc1cc(Sc2ccc(O)cc2)ccc1Cl. The number of aliphatic carboxylic acids is 1. The molecule has 2 aromatic carbocycles. The highest BCUT2D eigenvalue weighted by Gasteiger charge is 2.07. The van der Waals surface area contributed by atoms with Gasteiger partial charge in [-0.1, -0.05) is 23.4 Å². The molecule has 19 heavy (non-hydrogen) atoms. The van der Waals surface area contributed by atoms with Gasteiger partial charge in [0.25, 0.3) is 0 Å². The normalized spacial score (nSPS) is 10.4. The summed E-state index contributed by atoms with van der Waals surface area (Å²) in [6, 6.07) is 12.1. The van der Waals surface area contributed by atoms with Gasteiger partial charge in [-0.2, -0.15) is 0 Å². The summed E-state index contributed by atoms with van der Waals surface area (Å²) >= 11 is 7.44. The van der Waals surface area contributed by atoms with Crippen molar-refractivity contribution in [2.45, 2.75) is 16.2 Å². The monoisotopic (exact) mass is 294 g/mol. The van der Waals surface area contributed by atoms with E-state index < -0.39 is 5.97 Å². The number of carboxylic acid groups (broad SMARTS) is 1. The van der Waals surface area contributed by atoms with Gasteiger partial charge in [0.15, 0.2) is 0 Å². The predicted molar refractivity (Wildman–Crippen MR) is 75.0 cm³/mol. The molecule has 0 unspecified atom stereocenters. The second kappa shape index (κ2) is 5.99. The van der Waals surface area contributed by atoms with Crippen molar-refractivity contribution in [2.75, 3.05) is 0 Å². The lowest BCUT2D eigenvalue weighted by Crippen LogP contribution is -2.00. The molecule has 98 valence electrons. The molecule has 2 aromatic rings. The van der Waals surface area contributed by atoms with Gasteiger partial charge in [-0.3, -0.25) is 4.79 Å². The number of hydrogen-bond acceptors (Lipinski definition) is 3. The highest BCUT2D eigenvalue weighted by Crippen LogP contribution is 2.31. The van der Waals surface area contributed by atoms with Crippen molar-refractivity contribution in [3.8, 4) is 5.75 Å². The number of phenols is 1. The second-order valence-corrected chi connectivity index (χ2v) is 5.47. The van der Waals surface area contributed by atoms with Crippen LogP contribution >= 0.6 is 23.4 Å². The molecule has 2 N–H and O–H groups in total. The van der Waals surface area contributed by atoms with E-state index in [1.807, 2.05) is 6.07 Å². The Bertz CT molecular complexity index is 596. The number of benzene rings is 2. The van der Waals surface area contributed by atoms with Crippen LogP contribution in [0.3, 0.4) is 0 Å². The summed E-state index contributed by atoms with van der Waals surface area (Å²) < 4.78 is 0. The van der Waals surface area contributed by atoms with Crippen LogP contribution in [0.4, 0.5) is 0 Å². The minimum atomic E-state index is -0.909. The minimum absolute atomic E-state index is 0.0944. The molecule has 0 saturated carbocycles. The van der Waals surface area contributed by atoms with Gasteiger partial charge in [-0.05, 0) is 48.0 Å². The predicted octanol–water partition coefficient (Wildman–Crippen LogP) is 3.82. The van der Waals surface area contributed by atoms with E-state index in [-0.39, 0.29) is 12.2 Å². The first-order chi connectivity index (χ1) is 9.04. The highest BCUT2D eigenvalue weighted by molar-refractivity contribution is 7.99. The van der Waals surface area contributed by atoms with Crippen LogP contribution in [0.5, 0.6) is 5.75 Å². The fourth-order valence-corrected chi connectivity index (χ4v) is 2.63. The lowest BCUT2D eigenvalue weighted by molar-refractivity contribution is -0.136. The van der Waals surface area contributed by atoms with Crippen molar-refractivity contribution in [1.29, 1.82) is 0 Å². The lowest BCUT2D eigenvalue weighted by Gasteiger charge is -2.06. The van der Waals surface area contributed by atoms with E-state index in [2.05, 4.69) is 0 Å². The van der Waals surface area contributed by atoms with Gasteiger partial charge in [0.05, 0.1) is 6.42 Å². The van der Waals surface area contributed by atoms with Gasteiger partial charge < -0.3 is 10.2 Å². The van der Waals surface area contributed by atoms with Crippen LogP contribution in [-0.4, -0.2) is 16.2 Å². The Kier molecular flexibility index (Phi) is 4.35. The van der Waals surface area contributed by atoms with E-state index in [0.717, 1.165) is 9.79 Å². The Balaban J connectivity index is 2.21. The molecule has 0 aliphatic heterocycles. The van der Waals surface area contributed by atoms with Crippen LogP contribution in [0.15, 0.2) is 52.3 Å². The third kappa shape index (κ3) is 3.91. The quantitative estimate of drug-likeness (QED) is 0.900. The first-order valence-electron chi connectivity index (χ1n) is 5.52. The Hall–Kier alpha value is -1.65. The van der Waals surface area contributed by atoms with Gasteiger partial charge in [-0.15, -0.1) is 0 Å². The average Bonchev–Trinajstić information content (AvgIpc) is 2.36. The zero-order valence-corrected chi connectivity index (χ0v) is 11.4. The smallest absolute Gasteiger partial charge is 0.307 e. The standard InChI is InChI=1S/C14H11ClO3S/c15-13-6-5-12(7-9(13)8-14(17)18)19-11-3-1-10(16)2-4-11/h1-7,16H,8H2,(H,17,18). The Morgan fingerprint density at radius 2 is 1.74 bits per heavy atom. The summed E-state index contributed by atoms with van der Waals surface area (Å²) in [7, 11) is 0. The van der Waals surface area contributed by atoms with Crippen molar-refractivity contribution < 1.29 is 15.0 Å². The molecule has 0 radical (unpaired) electrons. The number of rotatable bonds is 4. The summed E-state index contributed by atoms with van der Waals surface area (Å²) in [4.78, 5) is 12.6. The maximum Gasteiger partial charge on any atom is 0.307 e. The van der Waals surface area contributed by atoms with E-state index in [9.17, 15) is 9.90 Å². The third-order valence-electron chi connectivity index (χ3n) is 2.43. The molecule has 0 amide bonds. The molecule has 0 saturated heterocycles. The molecule has 0 aliphatic rings. The molecule has 0 heterocycles. The van der Waals surface area contributed by atoms with Crippen LogP contribution in [-0.2, 0) is 11.2 Å². The molecule has 0 bridgehead atoms. The summed E-state index contributed by atoms with van der Waals surface area (Å²) in [6.07, 6.45) is -0.0944. The lowest BCUT2D eigenvalue weighted by atomic mass is 10.1. The van der Waals surface area contributed by atoms with Crippen molar-refractivity contribution >= 4 is 29.3 Å². The maximum absolute atomic E-state index is 10.7. The van der Waals surface area contributed by atoms with Gasteiger partial charge >= 0.3 is 5.97 Å². The Morgan fingerprint density at radius 1 is 1.11 bits per heavy atom. The van der Waals surface area contributed by atoms with Crippen molar-refractivity contribution in [2.24, 2.45) is 0 Å². The molecule has 3 nitrogen and oxygen atoms in total. The van der Waals surface area contributed by atoms with Gasteiger partial charge in [-0.25, -0.2) is 0 Å². The third-order valence-corrected chi connectivity index (χ3v) is 3.80. The summed E-state index contributed by atoms with van der Waals surface area (Å²) in [5.41, 5.74) is 0.595. The molecule has 2 rings (SSSR count). The van der Waals surface area contributed by atoms with E-state index in [1.54, 1.807) is 36.4 Å². The first kappa shape index (κ1) is 13.8. The Labute approximate surface area is 119 Å². The van der Waals surface area contributed by atoms with Gasteiger partial charge in [0, 0.05) is 14.8 Å². The summed E-state index contributed by atoms with van der Waals surface area (Å²) in [6.45, 7) is 0. The number of halogens is 1. The van der Waals surface area contributed by atoms with E-state index >= 15 is 0 Å². The molecular weight excluding hydrogens is 284 g/mol. The number of carboxylic acids is 1. The summed E-state index contributed by atoms with van der Waals surface area (Å²) in [5, 5.41) is 18.5. The van der Waals surface area contributed by atoms with Crippen LogP contribution in [0.1, 0.15) is 5.56 Å². The Morgan fingerprint density at radius 3 is 2.37 bits per heavy atom. The minimum Gasteiger partial charge on any atom is -0.508 e. The fourth-order valence-electron chi connectivity index (χ4n) is 1.56. The molecule has 0 atom stereocenters. The van der Waals surface area contributed by atoms with Gasteiger partial charge in [0.1, 0.15) is 5.75 Å². The number of aromatic hydroxyl groups is 1. The molecule has 0 aromatic heterocycles. The molecule has 0 fully saturated rings. The van der Waals surface area contributed by atoms with E-state index in [1.165, 1.54) is 11.8 Å². The largest absolute Gasteiger partial charge is 0.508 e. The maximum atomic E-state index is 10.7. The average molecular weight is 295 g/mol. The first-order valence-corrected chi connectivity index (χ1v) is 6.71. The van der Waals surface area contributed by atoms with E-state index in [0.29, 0.717) is 10.6 Å². The zero-order chi connectivity index (χ0) is 13.8. The molecule has 0 spiro atoms. The van der Waals surface area contributed by atoms with Crippen molar-refractivity contribution in [1.82, 2.24) is 0 Å². The fraction of sp³-hybridized carbons (Fsp3) is 0.0714. The van der Waals surface area contributed by atoms with Crippen molar-refractivity contribution in [3.63, 3.8) is 0 Å². The number of phenolic OH excluding ortho intramolecular Hbond substituents is 1. The van der Waals surface area contributed by atoms with Crippen LogP contribution in [0.2, 0.25) is 5.02 Å². The van der Waals surface area contributed by atoms with Crippen molar-refractivity contribution in [3.05, 3.63) is 53.1 Å². The zero-order valence-electron chi connectivity index (χ0n) is 9.84. The topological polar surface area (TPSA) is 57.5 Å². The number of hydrogen-bond donors (Lipinski definition) is 2. The van der Waals surface area contributed by atoms with Gasteiger partial charge in [0.2, 0.25) is 0 Å². The molecule has 5 heteroatoms. The molecule has 0 aliphatic carbocycles. The number of carbonyl (C=O) groups is 1. The van der Waals surface area contributed by atoms with E-state index in [4.69, 9.17) is 16.7 Å². The van der Waals surface area contributed by atoms with Crippen LogP contribution in [0, 0.1) is 0 Å². The second-order valence-electron chi connectivity index (χ2n) is 3.92. The molecular formula is C14H11ClO3S. The van der Waals surface area contributed by atoms with Crippen LogP contribution < -0.4 is 0 Å².